The lowest BCUT2D eigenvalue weighted by Crippen LogP contribution is -2.49. The van der Waals surface area contributed by atoms with Gasteiger partial charge in [0.05, 0.1) is 6.61 Å². The number of rotatable bonds is 12. The Bertz CT molecular complexity index is 1720. The van der Waals surface area contributed by atoms with Crippen molar-refractivity contribution in [2.24, 2.45) is 4.99 Å². The summed E-state index contributed by atoms with van der Waals surface area (Å²) in [6.07, 6.45) is -5.22. The normalized spacial score (nSPS) is 17.5. The second-order valence-electron chi connectivity index (χ2n) is 10.6. The van der Waals surface area contributed by atoms with Crippen molar-refractivity contribution in [1.29, 1.82) is 0 Å². The van der Waals surface area contributed by atoms with Crippen LogP contribution in [0, 0.1) is 0 Å². The van der Waals surface area contributed by atoms with Crippen LogP contribution in [0.5, 0.6) is 11.5 Å². The Labute approximate surface area is 287 Å². The van der Waals surface area contributed by atoms with E-state index in [-0.39, 0.29) is 36.2 Å². The molecule has 4 aromatic rings. The molecule has 0 unspecified atom stereocenters. The molecular weight excluding hydrogens is 724 g/mol. The van der Waals surface area contributed by atoms with E-state index in [2.05, 4.69) is 26.0 Å². The molecule has 1 aliphatic heterocycles. The first kappa shape index (κ1) is 34.6. The van der Waals surface area contributed by atoms with Crippen molar-refractivity contribution in [3.8, 4) is 11.5 Å². The van der Waals surface area contributed by atoms with E-state index in [0.29, 0.717) is 40.5 Å². The maximum Gasteiger partial charge on any atom is 0.573 e. The lowest BCUT2D eigenvalue weighted by Gasteiger charge is -2.31. The smallest absolute Gasteiger partial charge is 0.494 e. The zero-order valence-corrected chi connectivity index (χ0v) is 27.7. The van der Waals surface area contributed by atoms with Crippen molar-refractivity contribution in [1.82, 2.24) is 5.32 Å². The van der Waals surface area contributed by atoms with E-state index in [9.17, 15) is 18.0 Å². The van der Waals surface area contributed by atoms with Crippen LogP contribution in [-0.4, -0.2) is 42.0 Å². The lowest BCUT2D eigenvalue weighted by molar-refractivity contribution is -0.274. The third kappa shape index (κ3) is 8.78. The zero-order chi connectivity index (χ0) is 33.6. The highest BCUT2D eigenvalue weighted by Crippen LogP contribution is 2.45. The van der Waals surface area contributed by atoms with Crippen LogP contribution < -0.4 is 14.8 Å². The van der Waals surface area contributed by atoms with Crippen molar-refractivity contribution in [3.63, 3.8) is 0 Å². The molecule has 13 heteroatoms. The average molecular weight is 752 g/mol. The van der Waals surface area contributed by atoms with Gasteiger partial charge in [-0.15, -0.1) is 13.2 Å². The molecule has 7 nitrogen and oxygen atoms in total. The van der Waals surface area contributed by atoms with E-state index >= 15 is 0 Å². The van der Waals surface area contributed by atoms with Gasteiger partial charge >= 0.3 is 6.36 Å². The van der Waals surface area contributed by atoms with Crippen molar-refractivity contribution in [3.05, 3.63) is 128 Å². The molecule has 0 spiro atoms. The number of alkyl halides is 3. The number of aliphatic hydroxyl groups is 1. The van der Waals surface area contributed by atoms with Gasteiger partial charge in [0, 0.05) is 51.6 Å². The third-order valence-electron chi connectivity index (χ3n) is 7.27. The molecule has 47 heavy (non-hydrogen) atoms. The minimum absolute atomic E-state index is 0.0116. The molecule has 1 aliphatic rings. The second kappa shape index (κ2) is 15.0. The molecule has 0 saturated carbocycles. The van der Waals surface area contributed by atoms with Gasteiger partial charge in [-0.3, -0.25) is 4.79 Å². The van der Waals surface area contributed by atoms with E-state index in [1.54, 1.807) is 42.5 Å². The molecule has 0 radical (unpaired) electrons. The Morgan fingerprint density at radius 1 is 0.957 bits per heavy atom. The highest BCUT2D eigenvalue weighted by Gasteiger charge is 2.53. The number of halogens is 6. The summed E-state index contributed by atoms with van der Waals surface area (Å²) in [5.74, 6) is -0.0848. The first-order chi connectivity index (χ1) is 22.5. The number of nitrogens with one attached hydrogen (secondary N) is 1. The quantitative estimate of drug-likeness (QED) is 0.143. The van der Waals surface area contributed by atoms with E-state index in [1.165, 1.54) is 24.3 Å². The molecule has 1 amide bonds. The summed E-state index contributed by atoms with van der Waals surface area (Å²) in [7, 11) is 0. The lowest BCUT2D eigenvalue weighted by atomic mass is 9.82. The Morgan fingerprint density at radius 3 is 2.26 bits per heavy atom. The number of carbonyl (C=O) groups is 1. The van der Waals surface area contributed by atoms with Gasteiger partial charge in [-0.2, -0.15) is 0 Å². The average Bonchev–Trinajstić information content (AvgIpc) is 3.41. The molecule has 0 fully saturated rings. The van der Waals surface area contributed by atoms with Gasteiger partial charge in [0.2, 0.25) is 5.90 Å². The highest BCUT2D eigenvalue weighted by atomic mass is 79.9. The number of carbonyl (C=O) groups excluding carboxylic acids is 1. The zero-order valence-electron chi connectivity index (χ0n) is 24.6. The van der Waals surface area contributed by atoms with Crippen LogP contribution >= 0.6 is 39.1 Å². The number of amides is 1. The van der Waals surface area contributed by atoms with Crippen LogP contribution in [0.3, 0.4) is 0 Å². The molecule has 2 atom stereocenters. The topological polar surface area (TPSA) is 89.4 Å². The summed E-state index contributed by atoms with van der Waals surface area (Å²) in [5, 5.41) is 12.6. The van der Waals surface area contributed by atoms with Crippen LogP contribution in [0.25, 0.3) is 0 Å². The fraction of sp³-hybridized carbons (Fsp3) is 0.235. The minimum atomic E-state index is -4.82. The maximum atomic E-state index is 14.4. The van der Waals surface area contributed by atoms with Gasteiger partial charge < -0.3 is 24.6 Å². The Morgan fingerprint density at radius 2 is 1.62 bits per heavy atom. The summed E-state index contributed by atoms with van der Waals surface area (Å²) in [4.78, 5) is 19.4. The SMILES string of the molecule is O=C(NCc1ccc(OC(F)(F)F)cc1)[C@]1(Cc2ccc(Br)cc2)N=C(c2ccc(OCCCO)cc2)O[C@@H]1c1ccc(Cl)cc1Cl. The van der Waals surface area contributed by atoms with Crippen LogP contribution in [0.2, 0.25) is 10.0 Å². The Balaban J connectivity index is 1.52. The van der Waals surface area contributed by atoms with Gasteiger partial charge in [0.1, 0.15) is 11.5 Å². The minimum Gasteiger partial charge on any atom is -0.494 e. The van der Waals surface area contributed by atoms with E-state index in [0.717, 1.165) is 10.0 Å². The number of aliphatic imine (C=N–C) groups is 1. The number of benzene rings is 4. The van der Waals surface area contributed by atoms with Gasteiger partial charge in [0.25, 0.3) is 5.91 Å². The molecule has 0 aliphatic carbocycles. The highest BCUT2D eigenvalue weighted by molar-refractivity contribution is 9.10. The number of ether oxygens (including phenoxy) is 3. The number of aliphatic hydroxyl groups excluding tert-OH is 1. The summed E-state index contributed by atoms with van der Waals surface area (Å²) in [5.41, 5.74) is 0.817. The van der Waals surface area contributed by atoms with Gasteiger partial charge in [0.15, 0.2) is 11.6 Å². The second-order valence-corrected chi connectivity index (χ2v) is 12.4. The molecule has 0 bridgehead atoms. The Hall–Kier alpha value is -3.77. The third-order valence-corrected chi connectivity index (χ3v) is 8.36. The van der Waals surface area contributed by atoms with E-state index in [1.807, 2.05) is 24.3 Å². The molecule has 1 heterocycles. The maximum absolute atomic E-state index is 14.4. The molecule has 4 aromatic carbocycles. The van der Waals surface area contributed by atoms with Crippen molar-refractivity contribution in [2.45, 2.75) is 37.4 Å². The fourth-order valence-corrected chi connectivity index (χ4v) is 5.80. The van der Waals surface area contributed by atoms with Crippen molar-refractivity contribution < 1.29 is 37.3 Å². The summed E-state index contributed by atoms with van der Waals surface area (Å²) < 4.78 is 54.9. The fourth-order valence-electron chi connectivity index (χ4n) is 5.03. The van der Waals surface area contributed by atoms with Crippen LogP contribution in [-0.2, 0) is 22.5 Å². The van der Waals surface area contributed by atoms with E-state index in [4.69, 9.17) is 42.8 Å². The Kier molecular flexibility index (Phi) is 11.0. The monoisotopic (exact) mass is 750 g/mol. The standard InChI is InChI=1S/C34H28BrCl2F3N2O5/c35-24-8-2-21(3-9-24)19-33(32(44)41-20-22-4-11-27(12-5-22)47-34(38,39)40)30(28-15-10-25(36)18-29(28)37)46-31(42-33)23-6-13-26(14-7-23)45-17-1-16-43/h2-15,18,30,43H,1,16-17,19-20H2,(H,41,44)/t30-,33-/m1/s1. The molecule has 2 N–H and O–H groups in total. The van der Waals surface area contributed by atoms with Crippen LogP contribution in [0.4, 0.5) is 13.2 Å². The summed E-state index contributed by atoms with van der Waals surface area (Å²) in [6, 6.07) is 24.5. The first-order valence-electron chi connectivity index (χ1n) is 14.4. The summed E-state index contributed by atoms with van der Waals surface area (Å²) >= 11 is 16.4. The number of hydrogen-bond donors (Lipinski definition) is 2. The summed E-state index contributed by atoms with van der Waals surface area (Å²) in [6.45, 7) is 0.343. The van der Waals surface area contributed by atoms with Crippen molar-refractivity contribution in [2.75, 3.05) is 13.2 Å². The predicted molar refractivity (Wildman–Crippen MR) is 176 cm³/mol. The molecule has 0 saturated heterocycles. The molecule has 246 valence electrons. The predicted octanol–water partition coefficient (Wildman–Crippen LogP) is 8.23. The molecular formula is C34H28BrCl2F3N2O5. The van der Waals surface area contributed by atoms with Gasteiger partial charge in [-0.25, -0.2) is 4.99 Å². The largest absolute Gasteiger partial charge is 0.573 e. The molecule has 0 aromatic heterocycles. The molecule has 5 rings (SSSR count). The van der Waals surface area contributed by atoms with Crippen LogP contribution in [0.15, 0.2) is 100 Å². The number of nitrogens with zero attached hydrogens (tertiary/aromatic N) is 1. The van der Waals surface area contributed by atoms with Crippen LogP contribution in [0.1, 0.15) is 34.8 Å². The first-order valence-corrected chi connectivity index (χ1v) is 15.9. The van der Waals surface area contributed by atoms with Gasteiger partial charge in [-0.1, -0.05) is 69.5 Å². The number of hydrogen-bond acceptors (Lipinski definition) is 6. The van der Waals surface area contributed by atoms with E-state index < -0.39 is 23.9 Å². The van der Waals surface area contributed by atoms with Gasteiger partial charge in [-0.05, 0) is 71.8 Å². The van der Waals surface area contributed by atoms with Crippen molar-refractivity contribution >= 4 is 50.9 Å².